The number of carbonyl (C=O) groups excluding carboxylic acids is 4. The summed E-state index contributed by atoms with van der Waals surface area (Å²) in [6, 6.07) is 13.4. The highest BCUT2D eigenvalue weighted by molar-refractivity contribution is 6.40. The molecule has 1 aliphatic heterocycles. The van der Waals surface area contributed by atoms with Crippen LogP contribution in [0.5, 0.6) is 5.75 Å². The van der Waals surface area contributed by atoms with Crippen molar-refractivity contribution in [2.75, 3.05) is 16.8 Å². The van der Waals surface area contributed by atoms with E-state index in [9.17, 15) is 19.2 Å². The van der Waals surface area contributed by atoms with Crippen molar-refractivity contribution < 1.29 is 23.9 Å². The zero-order valence-electron chi connectivity index (χ0n) is 20.1. The minimum absolute atomic E-state index is 0.182. The van der Waals surface area contributed by atoms with Gasteiger partial charge in [0.25, 0.3) is 17.7 Å². The van der Waals surface area contributed by atoms with Crippen LogP contribution in [0, 0.1) is 13.8 Å². The standard InChI is InChI=1S/C27H20Cl3N3O5/c1-14-6-8-18(12-21(14)30)31-24(34)13-38-23-9-7-17(28)10-16(23)11-19-25(35)32-27(37)33(26(19)36)22-5-3-4-20(29)15(22)2/h3-12H,13H2,1-2H3,(H,31,34)(H,32,35,37)/b19-11-. The molecule has 4 rings (SSSR count). The van der Waals surface area contributed by atoms with E-state index in [-0.39, 0.29) is 29.2 Å². The fourth-order valence-electron chi connectivity index (χ4n) is 3.64. The number of halogens is 3. The van der Waals surface area contributed by atoms with Gasteiger partial charge in [0.15, 0.2) is 6.61 Å². The predicted molar refractivity (Wildman–Crippen MR) is 147 cm³/mol. The average Bonchev–Trinajstić information content (AvgIpc) is 2.86. The molecule has 2 N–H and O–H groups in total. The van der Waals surface area contributed by atoms with Crippen molar-refractivity contribution in [3.8, 4) is 5.75 Å². The van der Waals surface area contributed by atoms with Crippen molar-refractivity contribution in [1.29, 1.82) is 0 Å². The quantitative estimate of drug-likeness (QED) is 0.281. The van der Waals surface area contributed by atoms with Crippen LogP contribution in [-0.4, -0.2) is 30.4 Å². The number of anilines is 2. The zero-order chi connectivity index (χ0) is 27.6. The summed E-state index contributed by atoms with van der Waals surface area (Å²) in [7, 11) is 0. The van der Waals surface area contributed by atoms with E-state index in [2.05, 4.69) is 10.6 Å². The van der Waals surface area contributed by atoms with E-state index in [1.807, 2.05) is 6.92 Å². The molecule has 0 radical (unpaired) electrons. The van der Waals surface area contributed by atoms with Crippen molar-refractivity contribution in [1.82, 2.24) is 5.32 Å². The second kappa shape index (κ2) is 11.3. The molecule has 1 saturated heterocycles. The minimum atomic E-state index is -0.905. The van der Waals surface area contributed by atoms with Crippen LogP contribution >= 0.6 is 34.8 Å². The van der Waals surface area contributed by atoms with Crippen LogP contribution in [0.15, 0.2) is 60.2 Å². The Labute approximate surface area is 233 Å². The third-order valence-corrected chi connectivity index (χ3v) is 6.72. The van der Waals surface area contributed by atoms with Crippen molar-refractivity contribution in [2.45, 2.75) is 13.8 Å². The lowest BCUT2D eigenvalue weighted by molar-refractivity contribution is -0.122. The predicted octanol–water partition coefficient (Wildman–Crippen LogP) is 5.95. The van der Waals surface area contributed by atoms with Gasteiger partial charge in [-0.3, -0.25) is 19.7 Å². The molecule has 11 heteroatoms. The van der Waals surface area contributed by atoms with Crippen molar-refractivity contribution in [2.24, 2.45) is 0 Å². The highest BCUT2D eigenvalue weighted by atomic mass is 35.5. The van der Waals surface area contributed by atoms with E-state index < -0.39 is 23.8 Å². The van der Waals surface area contributed by atoms with Gasteiger partial charge in [0.05, 0.1) is 5.69 Å². The van der Waals surface area contributed by atoms with Gasteiger partial charge < -0.3 is 10.1 Å². The van der Waals surface area contributed by atoms with E-state index in [0.29, 0.717) is 26.3 Å². The Balaban J connectivity index is 1.59. The van der Waals surface area contributed by atoms with E-state index in [1.165, 1.54) is 24.3 Å². The molecule has 0 aliphatic carbocycles. The number of rotatable bonds is 6. The number of aryl methyl sites for hydroxylation is 1. The Morgan fingerprint density at radius 1 is 1.00 bits per heavy atom. The summed E-state index contributed by atoms with van der Waals surface area (Å²) in [5.74, 6) is -2.03. The van der Waals surface area contributed by atoms with E-state index >= 15 is 0 Å². The van der Waals surface area contributed by atoms with Gasteiger partial charge in [-0.15, -0.1) is 0 Å². The summed E-state index contributed by atoms with van der Waals surface area (Å²) in [5.41, 5.74) is 1.99. The number of amides is 5. The number of hydrogen-bond acceptors (Lipinski definition) is 5. The SMILES string of the molecule is Cc1ccc(NC(=O)COc2ccc(Cl)cc2/C=C2/C(=O)NC(=O)N(c3cccc(Cl)c3C)C2=O)cc1Cl. The van der Waals surface area contributed by atoms with Crippen molar-refractivity contribution in [3.63, 3.8) is 0 Å². The van der Waals surface area contributed by atoms with Gasteiger partial charge in [-0.2, -0.15) is 0 Å². The highest BCUT2D eigenvalue weighted by Crippen LogP contribution is 2.31. The topological polar surface area (TPSA) is 105 Å². The number of nitrogens with one attached hydrogen (secondary N) is 2. The lowest BCUT2D eigenvalue weighted by Crippen LogP contribution is -2.54. The maximum atomic E-state index is 13.3. The van der Waals surface area contributed by atoms with Gasteiger partial charge in [-0.25, -0.2) is 9.69 Å². The third kappa shape index (κ3) is 5.83. The highest BCUT2D eigenvalue weighted by Gasteiger charge is 2.37. The van der Waals surface area contributed by atoms with E-state index in [4.69, 9.17) is 39.5 Å². The van der Waals surface area contributed by atoms with Gasteiger partial charge in [-0.1, -0.05) is 46.9 Å². The molecule has 0 bridgehead atoms. The lowest BCUT2D eigenvalue weighted by atomic mass is 10.0. The van der Waals surface area contributed by atoms with E-state index in [1.54, 1.807) is 43.3 Å². The molecule has 1 heterocycles. The number of imide groups is 2. The molecule has 0 atom stereocenters. The number of barbiturate groups is 1. The first-order chi connectivity index (χ1) is 18.0. The summed E-state index contributed by atoms with van der Waals surface area (Å²) < 4.78 is 5.67. The molecule has 194 valence electrons. The fourth-order valence-corrected chi connectivity index (χ4v) is 4.18. The summed E-state index contributed by atoms with van der Waals surface area (Å²) in [5, 5.41) is 6.00. The molecule has 0 spiro atoms. The van der Waals surface area contributed by atoms with Crippen LogP contribution < -0.4 is 20.3 Å². The van der Waals surface area contributed by atoms with Gasteiger partial charge >= 0.3 is 6.03 Å². The lowest BCUT2D eigenvalue weighted by Gasteiger charge is -2.27. The number of urea groups is 1. The Bertz CT molecular complexity index is 1520. The van der Waals surface area contributed by atoms with Crippen LogP contribution in [-0.2, 0) is 14.4 Å². The maximum Gasteiger partial charge on any atom is 0.335 e. The third-order valence-electron chi connectivity index (χ3n) is 5.67. The number of carbonyl (C=O) groups is 4. The molecule has 1 fully saturated rings. The zero-order valence-corrected chi connectivity index (χ0v) is 22.4. The Hall–Kier alpha value is -3.85. The first kappa shape index (κ1) is 27.2. The molecule has 0 aromatic heterocycles. The number of ether oxygens (including phenoxy) is 1. The second-order valence-corrected chi connectivity index (χ2v) is 9.58. The van der Waals surface area contributed by atoms with Gasteiger partial charge in [0.1, 0.15) is 11.3 Å². The van der Waals surface area contributed by atoms with Gasteiger partial charge in [-0.05, 0) is 73.5 Å². The molecule has 3 aromatic carbocycles. The summed E-state index contributed by atoms with van der Waals surface area (Å²) in [6.45, 7) is 3.11. The average molecular weight is 573 g/mol. The Kier molecular flexibility index (Phi) is 8.06. The van der Waals surface area contributed by atoms with Gasteiger partial charge in [0, 0.05) is 26.3 Å². The van der Waals surface area contributed by atoms with E-state index in [0.717, 1.165) is 10.5 Å². The molecule has 3 aromatic rings. The molecular formula is C27H20Cl3N3O5. The number of benzene rings is 3. The van der Waals surface area contributed by atoms with Crippen LogP contribution in [0.2, 0.25) is 15.1 Å². The molecular weight excluding hydrogens is 553 g/mol. The monoisotopic (exact) mass is 571 g/mol. The van der Waals surface area contributed by atoms with Crippen molar-refractivity contribution in [3.05, 3.63) is 91.9 Å². The number of hydrogen-bond donors (Lipinski definition) is 2. The first-order valence-electron chi connectivity index (χ1n) is 11.2. The molecule has 0 saturated carbocycles. The smallest absolute Gasteiger partial charge is 0.335 e. The van der Waals surface area contributed by atoms with Crippen LogP contribution in [0.3, 0.4) is 0 Å². The van der Waals surface area contributed by atoms with Crippen LogP contribution in [0.25, 0.3) is 6.08 Å². The molecule has 1 aliphatic rings. The van der Waals surface area contributed by atoms with Crippen LogP contribution in [0.1, 0.15) is 16.7 Å². The Morgan fingerprint density at radius 2 is 1.76 bits per heavy atom. The van der Waals surface area contributed by atoms with Gasteiger partial charge in [0.2, 0.25) is 0 Å². The largest absolute Gasteiger partial charge is 0.483 e. The van der Waals surface area contributed by atoms with Crippen molar-refractivity contribution >= 4 is 76.0 Å². The maximum absolute atomic E-state index is 13.3. The second-order valence-electron chi connectivity index (χ2n) is 8.32. The first-order valence-corrected chi connectivity index (χ1v) is 12.3. The normalized spacial score (nSPS) is 14.5. The molecule has 8 nitrogen and oxygen atoms in total. The summed E-state index contributed by atoms with van der Waals surface area (Å²) in [4.78, 5) is 51.8. The minimum Gasteiger partial charge on any atom is -0.483 e. The number of nitrogens with zero attached hydrogens (tertiary/aromatic N) is 1. The summed E-state index contributed by atoms with van der Waals surface area (Å²) >= 11 is 18.4. The summed E-state index contributed by atoms with van der Waals surface area (Å²) in [6.07, 6.45) is 1.25. The molecule has 0 unspecified atom stereocenters. The molecule has 38 heavy (non-hydrogen) atoms. The fraction of sp³-hybridized carbons (Fsp3) is 0.111. The van der Waals surface area contributed by atoms with Crippen LogP contribution in [0.4, 0.5) is 16.2 Å². The molecule has 5 amide bonds. The Morgan fingerprint density at radius 3 is 2.50 bits per heavy atom.